The van der Waals surface area contributed by atoms with E-state index >= 15 is 0 Å². The summed E-state index contributed by atoms with van der Waals surface area (Å²) >= 11 is 0. The van der Waals surface area contributed by atoms with Crippen molar-refractivity contribution in [3.8, 4) is 0 Å². The molecule has 0 atom stereocenters. The van der Waals surface area contributed by atoms with Crippen LogP contribution in [0.3, 0.4) is 0 Å². The Bertz CT molecular complexity index is 736. The van der Waals surface area contributed by atoms with Crippen LogP contribution in [0.15, 0.2) is 30.3 Å². The van der Waals surface area contributed by atoms with Crippen LogP contribution in [0.4, 0.5) is 17.1 Å². The molecule has 6 N–H and O–H groups in total. The summed E-state index contributed by atoms with van der Waals surface area (Å²) < 4.78 is 0. The molecule has 84 valence electrons. The normalized spacial score (nSPS) is 11.1. The molecule has 0 aliphatic rings. The first-order valence-corrected chi connectivity index (χ1v) is 5.15. The molecule has 17 heavy (non-hydrogen) atoms. The quantitative estimate of drug-likeness (QED) is 0.397. The van der Waals surface area contributed by atoms with Gasteiger partial charge in [-0.25, -0.2) is 9.97 Å². The van der Waals surface area contributed by atoms with Gasteiger partial charge in [0, 0.05) is 5.69 Å². The van der Waals surface area contributed by atoms with Crippen molar-refractivity contribution in [2.24, 2.45) is 0 Å². The number of hydrogen-bond acceptors (Lipinski definition) is 5. The van der Waals surface area contributed by atoms with E-state index in [0.29, 0.717) is 17.1 Å². The molecular weight excluding hydrogens is 214 g/mol. The van der Waals surface area contributed by atoms with Crippen molar-refractivity contribution in [3.05, 3.63) is 30.3 Å². The molecule has 0 saturated heterocycles. The van der Waals surface area contributed by atoms with E-state index in [-0.39, 0.29) is 0 Å². The molecule has 1 aromatic heterocycles. The average Bonchev–Trinajstić information content (AvgIpc) is 2.28. The lowest BCUT2D eigenvalue weighted by Gasteiger charge is -2.04. The molecule has 5 nitrogen and oxygen atoms in total. The van der Waals surface area contributed by atoms with Gasteiger partial charge in [0.2, 0.25) is 0 Å². The van der Waals surface area contributed by atoms with Crippen molar-refractivity contribution in [2.75, 3.05) is 17.2 Å². The molecule has 0 bridgehead atoms. The Morgan fingerprint density at radius 3 is 1.82 bits per heavy atom. The van der Waals surface area contributed by atoms with Crippen molar-refractivity contribution in [2.45, 2.75) is 0 Å². The zero-order chi connectivity index (χ0) is 12.0. The SMILES string of the molecule is Nc1ccc2nc3cc(N)c(N)cc3nc2c1. The van der Waals surface area contributed by atoms with Gasteiger partial charge >= 0.3 is 0 Å². The summed E-state index contributed by atoms with van der Waals surface area (Å²) in [6, 6.07) is 8.87. The summed E-state index contributed by atoms with van der Waals surface area (Å²) in [5.74, 6) is 0. The monoisotopic (exact) mass is 225 g/mol. The smallest absolute Gasteiger partial charge is 0.0916 e. The second-order valence-electron chi connectivity index (χ2n) is 3.94. The van der Waals surface area contributed by atoms with Crippen LogP contribution in [-0.2, 0) is 0 Å². The number of nitrogen functional groups attached to an aromatic ring is 3. The van der Waals surface area contributed by atoms with Gasteiger partial charge < -0.3 is 17.2 Å². The van der Waals surface area contributed by atoms with Crippen molar-refractivity contribution in [1.82, 2.24) is 9.97 Å². The molecule has 0 aliphatic heterocycles. The zero-order valence-corrected chi connectivity index (χ0v) is 9.01. The molecule has 0 aliphatic carbocycles. The van der Waals surface area contributed by atoms with Crippen molar-refractivity contribution < 1.29 is 0 Å². The fourth-order valence-corrected chi connectivity index (χ4v) is 1.77. The van der Waals surface area contributed by atoms with Gasteiger partial charge in [0.15, 0.2) is 0 Å². The van der Waals surface area contributed by atoms with Gasteiger partial charge in [-0.2, -0.15) is 0 Å². The number of fused-ring (bicyclic) bond motifs is 2. The standard InChI is InChI=1S/C12H11N5/c13-6-1-2-9-10(3-6)17-12-5-8(15)7(14)4-11(12)16-9/h1-5H,13-15H2. The van der Waals surface area contributed by atoms with Gasteiger partial charge in [0.25, 0.3) is 0 Å². The third-order valence-corrected chi connectivity index (χ3v) is 2.66. The van der Waals surface area contributed by atoms with Crippen LogP contribution in [0.25, 0.3) is 22.1 Å². The van der Waals surface area contributed by atoms with Crippen LogP contribution in [0.5, 0.6) is 0 Å². The van der Waals surface area contributed by atoms with Gasteiger partial charge in [0.05, 0.1) is 33.4 Å². The van der Waals surface area contributed by atoms with E-state index in [4.69, 9.17) is 17.2 Å². The molecule has 0 fully saturated rings. The van der Waals surface area contributed by atoms with Gasteiger partial charge in [-0.1, -0.05) is 0 Å². The molecule has 0 unspecified atom stereocenters. The molecule has 0 amide bonds. The lowest BCUT2D eigenvalue weighted by molar-refractivity contribution is 1.40. The Morgan fingerprint density at radius 1 is 0.647 bits per heavy atom. The highest BCUT2D eigenvalue weighted by molar-refractivity contribution is 5.92. The predicted molar refractivity (Wildman–Crippen MR) is 70.3 cm³/mol. The molecule has 3 rings (SSSR count). The van der Waals surface area contributed by atoms with E-state index in [0.717, 1.165) is 22.1 Å². The maximum Gasteiger partial charge on any atom is 0.0916 e. The van der Waals surface area contributed by atoms with Gasteiger partial charge in [-0.05, 0) is 30.3 Å². The van der Waals surface area contributed by atoms with Crippen LogP contribution < -0.4 is 17.2 Å². The molecule has 2 aromatic carbocycles. The Morgan fingerprint density at radius 2 is 1.18 bits per heavy atom. The van der Waals surface area contributed by atoms with E-state index in [1.807, 2.05) is 6.07 Å². The maximum atomic E-state index is 5.74. The summed E-state index contributed by atoms with van der Waals surface area (Å²) in [5.41, 5.74) is 21.9. The van der Waals surface area contributed by atoms with E-state index in [9.17, 15) is 0 Å². The summed E-state index contributed by atoms with van der Waals surface area (Å²) in [5, 5.41) is 0. The van der Waals surface area contributed by atoms with Crippen molar-refractivity contribution in [1.29, 1.82) is 0 Å². The average molecular weight is 225 g/mol. The highest BCUT2D eigenvalue weighted by Crippen LogP contribution is 2.23. The van der Waals surface area contributed by atoms with E-state index < -0.39 is 0 Å². The number of hydrogen-bond donors (Lipinski definition) is 3. The van der Waals surface area contributed by atoms with Crippen LogP contribution in [0.1, 0.15) is 0 Å². The van der Waals surface area contributed by atoms with Crippen LogP contribution in [0, 0.1) is 0 Å². The molecule has 5 heteroatoms. The minimum Gasteiger partial charge on any atom is -0.399 e. The lowest BCUT2D eigenvalue weighted by atomic mass is 10.2. The van der Waals surface area contributed by atoms with Crippen molar-refractivity contribution in [3.63, 3.8) is 0 Å². The number of nitrogens with zero attached hydrogens (tertiary/aromatic N) is 2. The topological polar surface area (TPSA) is 104 Å². The fourth-order valence-electron chi connectivity index (χ4n) is 1.77. The first kappa shape index (κ1) is 9.65. The maximum absolute atomic E-state index is 5.74. The van der Waals surface area contributed by atoms with E-state index in [2.05, 4.69) is 9.97 Å². The first-order valence-electron chi connectivity index (χ1n) is 5.15. The summed E-state index contributed by atoms with van der Waals surface area (Å²) in [6.45, 7) is 0. The Balaban J connectivity index is 2.43. The number of aromatic nitrogens is 2. The predicted octanol–water partition coefficient (Wildman–Crippen LogP) is 1.53. The summed E-state index contributed by atoms with van der Waals surface area (Å²) in [7, 11) is 0. The van der Waals surface area contributed by atoms with Crippen molar-refractivity contribution >= 4 is 39.1 Å². The molecule has 0 spiro atoms. The lowest BCUT2D eigenvalue weighted by Crippen LogP contribution is -1.96. The number of benzene rings is 2. The summed E-state index contributed by atoms with van der Waals surface area (Å²) in [6.07, 6.45) is 0. The van der Waals surface area contributed by atoms with Crippen LogP contribution >= 0.6 is 0 Å². The third-order valence-electron chi connectivity index (χ3n) is 2.66. The highest BCUT2D eigenvalue weighted by atomic mass is 14.8. The first-order chi connectivity index (χ1) is 8.13. The molecule has 0 saturated carbocycles. The number of anilines is 3. The van der Waals surface area contributed by atoms with E-state index in [1.165, 1.54) is 0 Å². The molecule has 0 radical (unpaired) electrons. The van der Waals surface area contributed by atoms with Crippen LogP contribution in [-0.4, -0.2) is 9.97 Å². The second-order valence-corrected chi connectivity index (χ2v) is 3.94. The Labute approximate surface area is 97.3 Å². The molecule has 1 heterocycles. The van der Waals surface area contributed by atoms with Gasteiger partial charge in [-0.3, -0.25) is 0 Å². The largest absolute Gasteiger partial charge is 0.399 e. The fraction of sp³-hybridized carbons (Fsp3) is 0. The molecular formula is C12H11N5. The van der Waals surface area contributed by atoms with Crippen LogP contribution in [0.2, 0.25) is 0 Å². The number of nitrogens with two attached hydrogens (primary N) is 3. The van der Waals surface area contributed by atoms with Gasteiger partial charge in [0.1, 0.15) is 0 Å². The minimum absolute atomic E-state index is 0.509. The molecule has 3 aromatic rings. The van der Waals surface area contributed by atoms with Gasteiger partial charge in [-0.15, -0.1) is 0 Å². The highest BCUT2D eigenvalue weighted by Gasteiger charge is 2.04. The Kier molecular flexibility index (Phi) is 1.82. The third kappa shape index (κ3) is 1.48. The minimum atomic E-state index is 0.509. The zero-order valence-electron chi connectivity index (χ0n) is 9.01. The summed E-state index contributed by atoms with van der Waals surface area (Å²) in [4.78, 5) is 8.93. The second kappa shape index (κ2) is 3.21. The van der Waals surface area contributed by atoms with E-state index in [1.54, 1.807) is 24.3 Å². The Hall–Kier alpha value is -2.56. The number of rotatable bonds is 0.